The maximum atomic E-state index is 11.6. The van der Waals surface area contributed by atoms with Gasteiger partial charge in [0, 0.05) is 7.11 Å². The standard InChI is InChI=1S/C3H6FNO2/c1-7-2(4)3(5)6/h2H,1H3,(H2,5,6). The maximum absolute atomic E-state index is 11.6. The van der Waals surface area contributed by atoms with Crippen molar-refractivity contribution in [3.63, 3.8) is 0 Å². The van der Waals surface area contributed by atoms with Gasteiger partial charge in [-0.2, -0.15) is 0 Å². The number of carbonyl (C=O) groups is 1. The average molecular weight is 107 g/mol. The minimum Gasteiger partial charge on any atom is -0.365 e. The van der Waals surface area contributed by atoms with Crippen LogP contribution in [0.2, 0.25) is 0 Å². The number of amides is 1. The fraction of sp³-hybridized carbons (Fsp3) is 0.667. The minimum absolute atomic E-state index is 1.06. The zero-order valence-corrected chi connectivity index (χ0v) is 3.85. The molecular formula is C3H6FNO2. The van der Waals surface area contributed by atoms with Crippen LogP contribution < -0.4 is 5.73 Å². The molecule has 0 heterocycles. The Labute approximate surface area is 40.2 Å². The molecule has 4 heteroatoms. The summed E-state index contributed by atoms with van der Waals surface area (Å²) in [7, 11) is 1.06. The number of primary amides is 1. The Hall–Kier alpha value is -0.640. The van der Waals surface area contributed by atoms with E-state index in [-0.39, 0.29) is 0 Å². The first-order valence-electron chi connectivity index (χ1n) is 1.64. The molecule has 2 N–H and O–H groups in total. The van der Waals surface area contributed by atoms with E-state index in [1.807, 2.05) is 0 Å². The number of hydrogen-bond acceptors (Lipinski definition) is 2. The summed E-state index contributed by atoms with van der Waals surface area (Å²) < 4.78 is 15.4. The molecule has 0 aliphatic rings. The van der Waals surface area contributed by atoms with Gasteiger partial charge in [0.2, 0.25) is 0 Å². The van der Waals surface area contributed by atoms with Crippen molar-refractivity contribution < 1.29 is 13.9 Å². The van der Waals surface area contributed by atoms with Crippen LogP contribution in [0.1, 0.15) is 0 Å². The number of hydrogen-bond donors (Lipinski definition) is 1. The smallest absolute Gasteiger partial charge is 0.279 e. The summed E-state index contributed by atoms with van der Waals surface area (Å²) in [5.74, 6) is -1.09. The number of rotatable bonds is 2. The third-order valence-corrected chi connectivity index (χ3v) is 0.431. The highest BCUT2D eigenvalue weighted by atomic mass is 19.1. The van der Waals surface area contributed by atoms with Gasteiger partial charge < -0.3 is 10.5 Å². The van der Waals surface area contributed by atoms with E-state index in [9.17, 15) is 9.18 Å². The summed E-state index contributed by atoms with van der Waals surface area (Å²) >= 11 is 0. The van der Waals surface area contributed by atoms with Gasteiger partial charge in [0.25, 0.3) is 12.3 Å². The molecule has 42 valence electrons. The number of nitrogens with two attached hydrogens (primary N) is 1. The van der Waals surface area contributed by atoms with E-state index in [2.05, 4.69) is 10.5 Å². The van der Waals surface area contributed by atoms with E-state index in [1.54, 1.807) is 0 Å². The molecule has 1 unspecified atom stereocenters. The summed E-state index contributed by atoms with van der Waals surface area (Å²) in [6, 6.07) is 0. The van der Waals surface area contributed by atoms with Crippen molar-refractivity contribution in [3.8, 4) is 0 Å². The Kier molecular flexibility index (Phi) is 2.29. The van der Waals surface area contributed by atoms with Crippen LogP contribution in [-0.4, -0.2) is 19.4 Å². The van der Waals surface area contributed by atoms with Gasteiger partial charge >= 0.3 is 0 Å². The monoisotopic (exact) mass is 107 g/mol. The molecule has 0 aliphatic carbocycles. The predicted molar refractivity (Wildman–Crippen MR) is 21.1 cm³/mol. The summed E-state index contributed by atoms with van der Waals surface area (Å²) in [6.07, 6.45) is -1.96. The van der Waals surface area contributed by atoms with Crippen LogP contribution in [0.3, 0.4) is 0 Å². The molecule has 3 nitrogen and oxygen atoms in total. The summed E-state index contributed by atoms with van der Waals surface area (Å²) in [6.45, 7) is 0. The van der Waals surface area contributed by atoms with Crippen molar-refractivity contribution in [3.05, 3.63) is 0 Å². The first-order valence-corrected chi connectivity index (χ1v) is 1.64. The molecular weight excluding hydrogens is 101 g/mol. The van der Waals surface area contributed by atoms with Crippen LogP contribution in [0.4, 0.5) is 4.39 Å². The number of alkyl halides is 1. The number of ether oxygens (including phenoxy) is 1. The molecule has 0 fully saturated rings. The largest absolute Gasteiger partial charge is 0.365 e. The molecule has 0 aromatic carbocycles. The van der Waals surface area contributed by atoms with Crippen LogP contribution in [-0.2, 0) is 9.53 Å². The van der Waals surface area contributed by atoms with Crippen LogP contribution in [0, 0.1) is 0 Å². The van der Waals surface area contributed by atoms with Gasteiger partial charge in [0.05, 0.1) is 0 Å². The SMILES string of the molecule is COC(F)C(N)=O. The molecule has 0 aliphatic heterocycles. The molecule has 0 aromatic rings. The van der Waals surface area contributed by atoms with Crippen LogP contribution in [0.25, 0.3) is 0 Å². The molecule has 0 bridgehead atoms. The van der Waals surface area contributed by atoms with Gasteiger partial charge in [0.1, 0.15) is 0 Å². The van der Waals surface area contributed by atoms with E-state index in [0.29, 0.717) is 0 Å². The van der Waals surface area contributed by atoms with E-state index in [0.717, 1.165) is 7.11 Å². The Bertz CT molecular complexity index is 75.3. The second-order valence-corrected chi connectivity index (χ2v) is 0.954. The molecule has 1 atom stereocenters. The van der Waals surface area contributed by atoms with Crippen molar-refractivity contribution in [2.45, 2.75) is 6.36 Å². The average Bonchev–Trinajstić information content (AvgIpc) is 1.65. The Morgan fingerprint density at radius 3 is 2.43 bits per heavy atom. The van der Waals surface area contributed by atoms with Crippen LogP contribution >= 0.6 is 0 Å². The molecule has 7 heavy (non-hydrogen) atoms. The van der Waals surface area contributed by atoms with Gasteiger partial charge in [-0.1, -0.05) is 0 Å². The highest BCUT2D eigenvalue weighted by molar-refractivity contribution is 5.77. The lowest BCUT2D eigenvalue weighted by Crippen LogP contribution is -2.25. The maximum Gasteiger partial charge on any atom is 0.279 e. The van der Waals surface area contributed by atoms with Crippen molar-refractivity contribution in [2.24, 2.45) is 5.73 Å². The van der Waals surface area contributed by atoms with E-state index < -0.39 is 12.3 Å². The fourth-order valence-corrected chi connectivity index (χ4v) is 0.116. The number of carbonyl (C=O) groups excluding carboxylic acids is 1. The summed E-state index contributed by atoms with van der Waals surface area (Å²) in [5, 5.41) is 0. The van der Waals surface area contributed by atoms with Crippen LogP contribution in [0.5, 0.6) is 0 Å². The lowest BCUT2D eigenvalue weighted by atomic mass is 10.6. The lowest BCUT2D eigenvalue weighted by molar-refractivity contribution is -0.137. The highest BCUT2D eigenvalue weighted by Gasteiger charge is 2.08. The molecule has 0 saturated carbocycles. The first-order chi connectivity index (χ1) is 3.18. The first kappa shape index (κ1) is 6.36. The van der Waals surface area contributed by atoms with Gasteiger partial charge in [-0.25, -0.2) is 4.39 Å². The molecule has 0 spiro atoms. The fourth-order valence-electron chi connectivity index (χ4n) is 0.116. The number of methoxy groups -OCH3 is 1. The second kappa shape index (κ2) is 2.52. The van der Waals surface area contributed by atoms with Crippen molar-refractivity contribution in [1.82, 2.24) is 0 Å². The highest BCUT2D eigenvalue weighted by Crippen LogP contribution is 1.85. The molecule has 0 rings (SSSR count). The third-order valence-electron chi connectivity index (χ3n) is 0.431. The molecule has 0 saturated heterocycles. The van der Waals surface area contributed by atoms with Crippen molar-refractivity contribution >= 4 is 5.91 Å². The van der Waals surface area contributed by atoms with E-state index in [1.165, 1.54) is 0 Å². The summed E-state index contributed by atoms with van der Waals surface area (Å²) in [4.78, 5) is 9.65. The lowest BCUT2D eigenvalue weighted by Gasteiger charge is -1.96. The number of halogens is 1. The molecule has 0 radical (unpaired) electrons. The zero-order chi connectivity index (χ0) is 5.86. The zero-order valence-electron chi connectivity index (χ0n) is 3.85. The van der Waals surface area contributed by atoms with Crippen molar-refractivity contribution in [1.29, 1.82) is 0 Å². The van der Waals surface area contributed by atoms with Gasteiger partial charge in [-0.15, -0.1) is 0 Å². The second-order valence-electron chi connectivity index (χ2n) is 0.954. The Morgan fingerprint density at radius 1 is 2.00 bits per heavy atom. The normalized spacial score (nSPS) is 13.4. The molecule has 1 amide bonds. The van der Waals surface area contributed by atoms with Gasteiger partial charge in [-0.3, -0.25) is 4.79 Å². The van der Waals surface area contributed by atoms with Gasteiger partial charge in [-0.05, 0) is 0 Å². The van der Waals surface area contributed by atoms with Crippen molar-refractivity contribution in [2.75, 3.05) is 7.11 Å². The predicted octanol–water partition coefficient (Wildman–Crippen LogP) is -0.586. The Morgan fingerprint density at radius 2 is 2.43 bits per heavy atom. The van der Waals surface area contributed by atoms with E-state index >= 15 is 0 Å². The minimum atomic E-state index is -1.96. The van der Waals surface area contributed by atoms with Crippen LogP contribution in [0.15, 0.2) is 0 Å². The Balaban J connectivity index is 3.34. The summed E-state index contributed by atoms with van der Waals surface area (Å²) in [5.41, 5.74) is 4.41. The topological polar surface area (TPSA) is 52.3 Å². The molecule has 0 aromatic heterocycles. The third kappa shape index (κ3) is 2.11. The van der Waals surface area contributed by atoms with E-state index in [4.69, 9.17) is 0 Å². The quantitative estimate of drug-likeness (QED) is 0.513. The van der Waals surface area contributed by atoms with Gasteiger partial charge in [0.15, 0.2) is 0 Å².